The summed E-state index contributed by atoms with van der Waals surface area (Å²) in [5.74, 6) is 0.962. The SMILES string of the molecule is Cc1ncc(CO)c(C2CCN(C(=O)OC(C)(C)C)CC2)n1. The molecule has 6 nitrogen and oxygen atoms in total. The summed E-state index contributed by atoms with van der Waals surface area (Å²) >= 11 is 0. The monoisotopic (exact) mass is 307 g/mol. The number of carbonyl (C=O) groups is 1. The van der Waals surface area contributed by atoms with Crippen LogP contribution in [-0.4, -0.2) is 44.8 Å². The normalized spacial score (nSPS) is 16.7. The van der Waals surface area contributed by atoms with Crippen LogP contribution in [0.1, 0.15) is 56.6 Å². The van der Waals surface area contributed by atoms with Crippen molar-refractivity contribution in [3.05, 3.63) is 23.3 Å². The second-order valence-corrected chi connectivity index (χ2v) is 6.73. The van der Waals surface area contributed by atoms with Gasteiger partial charge in [-0.2, -0.15) is 0 Å². The first-order chi connectivity index (χ1) is 10.3. The summed E-state index contributed by atoms with van der Waals surface area (Å²) in [5.41, 5.74) is 1.22. The number of aryl methyl sites for hydroxylation is 1. The van der Waals surface area contributed by atoms with E-state index in [0.717, 1.165) is 24.1 Å². The van der Waals surface area contributed by atoms with Crippen molar-refractivity contribution < 1.29 is 14.6 Å². The van der Waals surface area contributed by atoms with Crippen molar-refractivity contribution in [2.45, 2.75) is 58.7 Å². The lowest BCUT2D eigenvalue weighted by Crippen LogP contribution is -2.41. The maximum absolute atomic E-state index is 12.1. The second kappa shape index (κ2) is 6.60. The van der Waals surface area contributed by atoms with Crippen LogP contribution in [0, 0.1) is 6.92 Å². The molecule has 2 rings (SSSR count). The number of aliphatic hydroxyl groups excluding tert-OH is 1. The molecular weight excluding hydrogens is 282 g/mol. The maximum Gasteiger partial charge on any atom is 0.410 e. The van der Waals surface area contributed by atoms with Crippen LogP contribution in [0.3, 0.4) is 0 Å². The standard InChI is InChI=1S/C16H25N3O3/c1-11-17-9-13(10-20)14(18-11)12-5-7-19(8-6-12)15(21)22-16(2,3)4/h9,12,20H,5-8,10H2,1-4H3. The van der Waals surface area contributed by atoms with Gasteiger partial charge in [-0.05, 0) is 40.5 Å². The van der Waals surface area contributed by atoms with Gasteiger partial charge in [-0.25, -0.2) is 14.8 Å². The fourth-order valence-corrected chi connectivity index (χ4v) is 2.65. The molecular formula is C16H25N3O3. The van der Waals surface area contributed by atoms with Gasteiger partial charge in [-0.3, -0.25) is 0 Å². The third-order valence-corrected chi connectivity index (χ3v) is 3.72. The van der Waals surface area contributed by atoms with Gasteiger partial charge in [0.15, 0.2) is 0 Å². The number of nitrogens with zero attached hydrogens (tertiary/aromatic N) is 3. The maximum atomic E-state index is 12.1. The van der Waals surface area contributed by atoms with Crippen molar-refractivity contribution in [2.24, 2.45) is 0 Å². The molecule has 0 aliphatic carbocycles. The molecule has 0 spiro atoms. The average Bonchev–Trinajstić information content (AvgIpc) is 2.45. The molecule has 1 saturated heterocycles. The Morgan fingerprint density at radius 3 is 2.59 bits per heavy atom. The number of aromatic nitrogens is 2. The number of carbonyl (C=O) groups excluding carboxylic acids is 1. The number of likely N-dealkylation sites (tertiary alicyclic amines) is 1. The molecule has 1 fully saturated rings. The highest BCUT2D eigenvalue weighted by Crippen LogP contribution is 2.29. The smallest absolute Gasteiger partial charge is 0.410 e. The second-order valence-electron chi connectivity index (χ2n) is 6.73. The van der Waals surface area contributed by atoms with Crippen LogP contribution in [0.2, 0.25) is 0 Å². The minimum absolute atomic E-state index is 0.0537. The highest BCUT2D eigenvalue weighted by Gasteiger charge is 2.29. The van der Waals surface area contributed by atoms with Gasteiger partial charge < -0.3 is 14.7 Å². The van der Waals surface area contributed by atoms with E-state index >= 15 is 0 Å². The molecule has 1 aromatic rings. The van der Waals surface area contributed by atoms with E-state index < -0.39 is 5.60 Å². The molecule has 122 valence electrons. The van der Waals surface area contributed by atoms with Crippen LogP contribution in [0.5, 0.6) is 0 Å². The number of piperidine rings is 1. The average molecular weight is 307 g/mol. The molecule has 0 radical (unpaired) electrons. The molecule has 0 atom stereocenters. The minimum Gasteiger partial charge on any atom is -0.444 e. The Balaban J connectivity index is 2.00. The quantitative estimate of drug-likeness (QED) is 0.908. The van der Waals surface area contributed by atoms with Crippen molar-refractivity contribution in [2.75, 3.05) is 13.1 Å². The van der Waals surface area contributed by atoms with E-state index in [4.69, 9.17) is 4.74 Å². The van der Waals surface area contributed by atoms with E-state index in [0.29, 0.717) is 18.9 Å². The first kappa shape index (κ1) is 16.7. The van der Waals surface area contributed by atoms with Crippen molar-refractivity contribution in [1.82, 2.24) is 14.9 Å². The zero-order valence-corrected chi connectivity index (χ0v) is 13.8. The number of hydrogen-bond donors (Lipinski definition) is 1. The van der Waals surface area contributed by atoms with Crippen molar-refractivity contribution in [3.8, 4) is 0 Å². The van der Waals surface area contributed by atoms with Crippen LogP contribution in [0.4, 0.5) is 4.79 Å². The summed E-state index contributed by atoms with van der Waals surface area (Å²) in [4.78, 5) is 22.4. The van der Waals surface area contributed by atoms with Crippen LogP contribution < -0.4 is 0 Å². The first-order valence-electron chi connectivity index (χ1n) is 7.71. The van der Waals surface area contributed by atoms with E-state index in [1.807, 2.05) is 27.7 Å². The molecule has 1 aliphatic heterocycles. The summed E-state index contributed by atoms with van der Waals surface area (Å²) in [5, 5.41) is 9.44. The molecule has 1 aromatic heterocycles. The number of ether oxygens (including phenoxy) is 1. The first-order valence-corrected chi connectivity index (χ1v) is 7.71. The van der Waals surface area contributed by atoms with Gasteiger partial charge in [-0.15, -0.1) is 0 Å². The predicted octanol–water partition coefficient (Wildman–Crippen LogP) is 2.39. The molecule has 22 heavy (non-hydrogen) atoms. The van der Waals surface area contributed by atoms with E-state index in [2.05, 4.69) is 9.97 Å². The van der Waals surface area contributed by atoms with Crippen LogP contribution in [0.15, 0.2) is 6.20 Å². The topological polar surface area (TPSA) is 75.6 Å². The molecule has 2 heterocycles. The van der Waals surface area contributed by atoms with Crippen molar-refractivity contribution in [1.29, 1.82) is 0 Å². The molecule has 1 aliphatic rings. The largest absolute Gasteiger partial charge is 0.444 e. The lowest BCUT2D eigenvalue weighted by atomic mass is 9.91. The minimum atomic E-state index is -0.470. The van der Waals surface area contributed by atoms with Gasteiger partial charge in [-0.1, -0.05) is 0 Å². The summed E-state index contributed by atoms with van der Waals surface area (Å²) in [6, 6.07) is 0. The van der Waals surface area contributed by atoms with Gasteiger partial charge in [0.2, 0.25) is 0 Å². The Bertz CT molecular complexity index is 532. The van der Waals surface area contributed by atoms with E-state index in [1.165, 1.54) is 0 Å². The Labute approximate surface area is 131 Å². The van der Waals surface area contributed by atoms with E-state index in [9.17, 15) is 9.90 Å². The molecule has 0 aromatic carbocycles. The molecule has 1 amide bonds. The Morgan fingerprint density at radius 1 is 1.41 bits per heavy atom. The number of amides is 1. The third kappa shape index (κ3) is 4.16. The van der Waals surface area contributed by atoms with E-state index in [1.54, 1.807) is 11.1 Å². The van der Waals surface area contributed by atoms with E-state index in [-0.39, 0.29) is 18.6 Å². The zero-order chi connectivity index (χ0) is 16.3. The Kier molecular flexibility index (Phi) is 5.01. The highest BCUT2D eigenvalue weighted by molar-refractivity contribution is 5.68. The van der Waals surface area contributed by atoms with Crippen LogP contribution >= 0.6 is 0 Å². The lowest BCUT2D eigenvalue weighted by molar-refractivity contribution is 0.0203. The predicted molar refractivity (Wildman–Crippen MR) is 82.5 cm³/mol. The van der Waals surface area contributed by atoms with Crippen LogP contribution in [0.25, 0.3) is 0 Å². The Hall–Kier alpha value is -1.69. The lowest BCUT2D eigenvalue weighted by Gasteiger charge is -2.33. The van der Waals surface area contributed by atoms with Crippen LogP contribution in [-0.2, 0) is 11.3 Å². The Morgan fingerprint density at radius 2 is 2.05 bits per heavy atom. The van der Waals surface area contributed by atoms with Gasteiger partial charge in [0.05, 0.1) is 12.3 Å². The molecule has 0 bridgehead atoms. The summed E-state index contributed by atoms with van der Waals surface area (Å²) in [7, 11) is 0. The summed E-state index contributed by atoms with van der Waals surface area (Å²) in [6.45, 7) is 8.70. The number of rotatable bonds is 2. The van der Waals surface area contributed by atoms with Gasteiger partial charge in [0.25, 0.3) is 0 Å². The van der Waals surface area contributed by atoms with Gasteiger partial charge >= 0.3 is 6.09 Å². The fraction of sp³-hybridized carbons (Fsp3) is 0.688. The highest BCUT2D eigenvalue weighted by atomic mass is 16.6. The van der Waals surface area contributed by atoms with Crippen molar-refractivity contribution >= 4 is 6.09 Å². The zero-order valence-electron chi connectivity index (χ0n) is 13.8. The third-order valence-electron chi connectivity index (χ3n) is 3.72. The summed E-state index contributed by atoms with van der Waals surface area (Å²) in [6.07, 6.45) is 3.08. The summed E-state index contributed by atoms with van der Waals surface area (Å²) < 4.78 is 5.40. The molecule has 6 heteroatoms. The van der Waals surface area contributed by atoms with Crippen molar-refractivity contribution in [3.63, 3.8) is 0 Å². The molecule has 0 unspecified atom stereocenters. The molecule has 0 saturated carbocycles. The number of aliphatic hydroxyl groups is 1. The van der Waals surface area contributed by atoms with Gasteiger partial charge in [0, 0.05) is 30.8 Å². The molecule has 1 N–H and O–H groups in total. The number of hydrogen-bond acceptors (Lipinski definition) is 5. The fourth-order valence-electron chi connectivity index (χ4n) is 2.65. The van der Waals surface area contributed by atoms with Gasteiger partial charge in [0.1, 0.15) is 11.4 Å².